The maximum Gasteiger partial charge on any atom is 0.256 e. The minimum Gasteiger partial charge on any atom is -0.396 e. The molecule has 0 saturated heterocycles. The number of halogens is 1. The topological polar surface area (TPSA) is 82.2 Å². The molecule has 17 heavy (non-hydrogen) atoms. The zero-order chi connectivity index (χ0) is 13.0. The first-order valence-electron chi connectivity index (χ1n) is 5.24. The molecule has 0 bridgehead atoms. The number of pyridine rings is 1. The van der Waals surface area contributed by atoms with Crippen LogP contribution in [0.3, 0.4) is 0 Å². The van der Waals surface area contributed by atoms with E-state index in [1.54, 1.807) is 13.8 Å². The Labute approximate surface area is 107 Å². The van der Waals surface area contributed by atoms with Crippen LogP contribution in [-0.2, 0) is 0 Å². The van der Waals surface area contributed by atoms with Crippen LogP contribution in [0.2, 0.25) is 0 Å². The van der Waals surface area contributed by atoms with Gasteiger partial charge in [-0.1, -0.05) is 6.92 Å². The van der Waals surface area contributed by atoms with Gasteiger partial charge in [0.2, 0.25) is 5.43 Å². The van der Waals surface area contributed by atoms with Gasteiger partial charge in [-0.3, -0.25) is 9.59 Å². The summed E-state index contributed by atoms with van der Waals surface area (Å²) in [6.45, 7) is 3.87. The summed E-state index contributed by atoms with van der Waals surface area (Å²) in [4.78, 5) is 26.3. The van der Waals surface area contributed by atoms with Gasteiger partial charge in [0.25, 0.3) is 5.91 Å². The lowest BCUT2D eigenvalue weighted by molar-refractivity contribution is 0.0941. The van der Waals surface area contributed by atoms with Crippen molar-refractivity contribution in [2.24, 2.45) is 5.92 Å². The molecule has 1 aromatic rings. The van der Waals surface area contributed by atoms with E-state index < -0.39 is 5.91 Å². The molecule has 5 nitrogen and oxygen atoms in total. The third-order valence-electron chi connectivity index (χ3n) is 2.37. The number of aryl methyl sites for hydroxylation is 1. The van der Waals surface area contributed by atoms with Gasteiger partial charge in [0, 0.05) is 25.0 Å². The van der Waals surface area contributed by atoms with Crippen molar-refractivity contribution in [3.63, 3.8) is 0 Å². The van der Waals surface area contributed by atoms with Gasteiger partial charge in [0.05, 0.1) is 4.47 Å². The number of nitrogens with one attached hydrogen (secondary N) is 2. The van der Waals surface area contributed by atoms with Gasteiger partial charge in [-0.15, -0.1) is 0 Å². The summed E-state index contributed by atoms with van der Waals surface area (Å²) >= 11 is 3.13. The Bertz CT molecular complexity index is 470. The summed E-state index contributed by atoms with van der Waals surface area (Å²) in [7, 11) is 0. The molecule has 1 heterocycles. The zero-order valence-corrected chi connectivity index (χ0v) is 11.3. The number of carbonyl (C=O) groups excluding carboxylic acids is 1. The van der Waals surface area contributed by atoms with Crippen LogP contribution >= 0.6 is 15.9 Å². The van der Waals surface area contributed by atoms with Crippen molar-refractivity contribution in [1.82, 2.24) is 10.3 Å². The van der Waals surface area contributed by atoms with Gasteiger partial charge in [0.1, 0.15) is 5.56 Å². The van der Waals surface area contributed by atoms with E-state index in [1.165, 1.54) is 6.20 Å². The number of H-pyrrole nitrogens is 1. The van der Waals surface area contributed by atoms with E-state index in [9.17, 15) is 9.59 Å². The number of aliphatic hydroxyl groups excluding tert-OH is 1. The fraction of sp³-hybridized carbons (Fsp3) is 0.455. The first-order valence-corrected chi connectivity index (χ1v) is 6.03. The average molecular weight is 303 g/mol. The fourth-order valence-electron chi connectivity index (χ4n) is 1.19. The Balaban J connectivity index is 2.84. The summed E-state index contributed by atoms with van der Waals surface area (Å²) in [5.74, 6) is -0.473. The Morgan fingerprint density at radius 1 is 1.65 bits per heavy atom. The number of aromatic nitrogens is 1. The lowest BCUT2D eigenvalue weighted by atomic mass is 10.2. The maximum absolute atomic E-state index is 11.8. The molecule has 0 spiro atoms. The van der Waals surface area contributed by atoms with Crippen LogP contribution in [0.4, 0.5) is 0 Å². The molecule has 1 atom stereocenters. The van der Waals surface area contributed by atoms with E-state index in [1.807, 2.05) is 0 Å². The van der Waals surface area contributed by atoms with Crippen molar-refractivity contribution < 1.29 is 9.90 Å². The zero-order valence-electron chi connectivity index (χ0n) is 9.71. The second-order valence-corrected chi connectivity index (χ2v) is 4.76. The van der Waals surface area contributed by atoms with Crippen LogP contribution in [0.1, 0.15) is 23.0 Å². The number of amides is 1. The van der Waals surface area contributed by atoms with E-state index in [-0.39, 0.29) is 23.5 Å². The molecular formula is C11H15BrN2O3. The van der Waals surface area contributed by atoms with Crippen molar-refractivity contribution in [1.29, 1.82) is 0 Å². The highest BCUT2D eigenvalue weighted by molar-refractivity contribution is 9.10. The molecule has 0 aliphatic rings. The lowest BCUT2D eigenvalue weighted by Crippen LogP contribution is -2.33. The molecule has 1 unspecified atom stereocenters. The van der Waals surface area contributed by atoms with Crippen LogP contribution in [0.25, 0.3) is 0 Å². The minimum absolute atomic E-state index is 0.00572. The minimum atomic E-state index is -0.438. The van der Waals surface area contributed by atoms with Crippen molar-refractivity contribution in [2.75, 3.05) is 13.2 Å². The second kappa shape index (κ2) is 5.97. The molecule has 0 saturated carbocycles. The molecule has 0 fully saturated rings. The largest absolute Gasteiger partial charge is 0.396 e. The van der Waals surface area contributed by atoms with Crippen molar-refractivity contribution in [3.8, 4) is 0 Å². The van der Waals surface area contributed by atoms with Crippen LogP contribution in [-0.4, -0.2) is 29.1 Å². The number of hydrogen-bond donors (Lipinski definition) is 3. The van der Waals surface area contributed by atoms with Gasteiger partial charge in [-0.05, 0) is 28.8 Å². The van der Waals surface area contributed by atoms with E-state index in [0.717, 1.165) is 0 Å². The summed E-state index contributed by atoms with van der Waals surface area (Å²) in [6, 6.07) is 0. The third-order valence-corrected chi connectivity index (χ3v) is 3.33. The van der Waals surface area contributed by atoms with Gasteiger partial charge >= 0.3 is 0 Å². The molecule has 1 rings (SSSR count). The number of aliphatic hydroxyl groups is 1. The highest BCUT2D eigenvalue weighted by atomic mass is 79.9. The molecular weight excluding hydrogens is 288 g/mol. The average Bonchev–Trinajstić information content (AvgIpc) is 2.32. The standard InChI is InChI=1S/C11H15BrN2O3/c1-6(5-15)3-14-11(17)8-4-13-7(2)9(12)10(8)16/h4,6,15H,3,5H2,1-2H3,(H,13,16)(H,14,17). The maximum atomic E-state index is 11.8. The molecule has 6 heteroatoms. The quantitative estimate of drug-likeness (QED) is 0.769. The van der Waals surface area contributed by atoms with Crippen molar-refractivity contribution >= 4 is 21.8 Å². The SMILES string of the molecule is Cc1[nH]cc(C(=O)NCC(C)CO)c(=O)c1Br. The van der Waals surface area contributed by atoms with Crippen LogP contribution in [0.5, 0.6) is 0 Å². The Kier molecular flexibility index (Phi) is 4.89. The predicted molar refractivity (Wildman–Crippen MR) is 68.1 cm³/mol. The number of rotatable bonds is 4. The molecule has 0 aliphatic heterocycles. The van der Waals surface area contributed by atoms with E-state index >= 15 is 0 Å². The summed E-state index contributed by atoms with van der Waals surface area (Å²) < 4.78 is 0.361. The number of aromatic amines is 1. The van der Waals surface area contributed by atoms with E-state index in [4.69, 9.17) is 5.11 Å². The Morgan fingerprint density at radius 3 is 2.88 bits per heavy atom. The van der Waals surface area contributed by atoms with E-state index in [2.05, 4.69) is 26.2 Å². The molecule has 0 aliphatic carbocycles. The Morgan fingerprint density at radius 2 is 2.29 bits per heavy atom. The van der Waals surface area contributed by atoms with Gasteiger partial charge < -0.3 is 15.4 Å². The summed E-state index contributed by atoms with van der Waals surface area (Å²) in [5, 5.41) is 11.4. The highest BCUT2D eigenvalue weighted by Gasteiger charge is 2.14. The van der Waals surface area contributed by atoms with Crippen LogP contribution in [0, 0.1) is 12.8 Å². The van der Waals surface area contributed by atoms with Gasteiger partial charge in [-0.2, -0.15) is 0 Å². The summed E-state index contributed by atoms with van der Waals surface area (Å²) in [6.07, 6.45) is 1.39. The molecule has 94 valence electrons. The first kappa shape index (κ1) is 13.9. The van der Waals surface area contributed by atoms with Crippen LogP contribution < -0.4 is 10.7 Å². The van der Waals surface area contributed by atoms with Gasteiger partial charge in [-0.25, -0.2) is 0 Å². The Hall–Kier alpha value is -1.14. The number of carbonyl (C=O) groups is 1. The lowest BCUT2D eigenvalue weighted by Gasteiger charge is -2.09. The first-order chi connectivity index (χ1) is 7.97. The predicted octanol–water partition coefficient (Wildman–Crippen LogP) is 0.804. The van der Waals surface area contributed by atoms with Crippen molar-refractivity contribution in [2.45, 2.75) is 13.8 Å². The molecule has 0 radical (unpaired) electrons. The molecule has 1 amide bonds. The fourth-order valence-corrected chi connectivity index (χ4v) is 1.52. The van der Waals surface area contributed by atoms with Crippen molar-refractivity contribution in [3.05, 3.63) is 32.2 Å². The van der Waals surface area contributed by atoms with Crippen LogP contribution in [0.15, 0.2) is 15.5 Å². The molecule has 0 aromatic carbocycles. The second-order valence-electron chi connectivity index (χ2n) is 3.97. The highest BCUT2D eigenvalue weighted by Crippen LogP contribution is 2.08. The summed E-state index contributed by atoms with van der Waals surface area (Å²) in [5.41, 5.74) is 0.401. The monoisotopic (exact) mass is 302 g/mol. The third kappa shape index (κ3) is 3.41. The smallest absolute Gasteiger partial charge is 0.256 e. The van der Waals surface area contributed by atoms with E-state index in [0.29, 0.717) is 16.7 Å². The molecule has 1 aromatic heterocycles. The molecule has 3 N–H and O–H groups in total. The number of hydrogen-bond acceptors (Lipinski definition) is 3. The normalized spacial score (nSPS) is 12.2. The van der Waals surface area contributed by atoms with Gasteiger partial charge in [0.15, 0.2) is 0 Å².